The van der Waals surface area contributed by atoms with Gasteiger partial charge in [0.2, 0.25) is 0 Å². The lowest BCUT2D eigenvalue weighted by atomic mass is 10.1. The Morgan fingerprint density at radius 1 is 0.905 bits per heavy atom. The van der Waals surface area contributed by atoms with Crippen LogP contribution in [-0.2, 0) is 15.2 Å². The summed E-state index contributed by atoms with van der Waals surface area (Å²) in [7, 11) is 3.30. The van der Waals surface area contributed by atoms with E-state index < -0.39 is 0 Å². The van der Waals surface area contributed by atoms with E-state index in [1.54, 1.807) is 14.2 Å². The zero-order valence-corrected chi connectivity index (χ0v) is 13.9. The Balaban J connectivity index is 1.98. The lowest BCUT2D eigenvalue weighted by molar-refractivity contribution is -0.106. The molecule has 0 heterocycles. The molecule has 21 heavy (non-hydrogen) atoms. The number of ether oxygens (including phenoxy) is 2. The topological polar surface area (TPSA) is 18.5 Å². The van der Waals surface area contributed by atoms with Gasteiger partial charge in [-0.1, -0.05) is 30.3 Å². The van der Waals surface area contributed by atoms with Crippen molar-refractivity contribution in [3.05, 3.63) is 64.7 Å². The fourth-order valence-corrected chi connectivity index (χ4v) is 2.99. The maximum absolute atomic E-state index is 5.25. The average molecular weight is 302 g/mol. The van der Waals surface area contributed by atoms with E-state index >= 15 is 0 Å². The molecule has 112 valence electrons. The molecule has 0 fully saturated rings. The minimum absolute atomic E-state index is 0.288. The zero-order chi connectivity index (χ0) is 15.2. The van der Waals surface area contributed by atoms with Crippen LogP contribution in [0.1, 0.15) is 28.5 Å². The van der Waals surface area contributed by atoms with Crippen LogP contribution in [0.4, 0.5) is 0 Å². The van der Waals surface area contributed by atoms with Crippen LogP contribution in [0.5, 0.6) is 0 Å². The third-order valence-electron chi connectivity index (χ3n) is 3.56. The van der Waals surface area contributed by atoms with Crippen molar-refractivity contribution in [3.63, 3.8) is 0 Å². The monoisotopic (exact) mass is 302 g/mol. The molecule has 0 saturated heterocycles. The first-order valence-electron chi connectivity index (χ1n) is 6.98. The van der Waals surface area contributed by atoms with Gasteiger partial charge in [-0.3, -0.25) is 0 Å². The van der Waals surface area contributed by atoms with Crippen molar-refractivity contribution in [1.29, 1.82) is 0 Å². The average Bonchev–Trinajstić information content (AvgIpc) is 2.51. The molecule has 2 nitrogen and oxygen atoms in total. The summed E-state index contributed by atoms with van der Waals surface area (Å²) >= 11 is 1.84. The van der Waals surface area contributed by atoms with Gasteiger partial charge in [0.15, 0.2) is 6.29 Å². The van der Waals surface area contributed by atoms with Crippen LogP contribution in [-0.4, -0.2) is 14.2 Å². The van der Waals surface area contributed by atoms with E-state index in [1.165, 1.54) is 21.6 Å². The van der Waals surface area contributed by atoms with Crippen LogP contribution < -0.4 is 0 Å². The van der Waals surface area contributed by atoms with Gasteiger partial charge in [-0.2, -0.15) is 0 Å². The van der Waals surface area contributed by atoms with E-state index in [0.29, 0.717) is 0 Å². The van der Waals surface area contributed by atoms with E-state index in [9.17, 15) is 0 Å². The summed E-state index contributed by atoms with van der Waals surface area (Å²) in [5, 5.41) is 0. The second-order valence-electron chi connectivity index (χ2n) is 5.08. The van der Waals surface area contributed by atoms with Crippen LogP contribution >= 0.6 is 11.8 Å². The predicted octanol–water partition coefficient (Wildman–Crippen LogP) is 4.89. The quantitative estimate of drug-likeness (QED) is 0.559. The van der Waals surface area contributed by atoms with Gasteiger partial charge in [-0.15, -0.1) is 11.8 Å². The van der Waals surface area contributed by atoms with Gasteiger partial charge in [0.25, 0.3) is 0 Å². The summed E-state index contributed by atoms with van der Waals surface area (Å²) < 4.78 is 10.5. The highest BCUT2D eigenvalue weighted by molar-refractivity contribution is 7.98. The standard InChI is InChI=1S/C18H22O2S/c1-13-5-6-15(11-14(13)2)12-21-17-9-7-16(8-10-17)18(19-3)20-4/h5-11,18H,12H2,1-4H3. The first kappa shape index (κ1) is 16.1. The molecule has 0 amide bonds. The number of hydrogen-bond donors (Lipinski definition) is 0. The Morgan fingerprint density at radius 2 is 1.57 bits per heavy atom. The number of aryl methyl sites for hydroxylation is 2. The maximum Gasteiger partial charge on any atom is 0.183 e. The summed E-state index contributed by atoms with van der Waals surface area (Å²) in [5.74, 6) is 0.985. The molecule has 0 saturated carbocycles. The van der Waals surface area contributed by atoms with E-state index in [1.807, 2.05) is 11.8 Å². The first-order valence-corrected chi connectivity index (χ1v) is 7.97. The minimum atomic E-state index is -0.288. The molecular weight excluding hydrogens is 280 g/mol. The molecule has 0 aliphatic heterocycles. The van der Waals surface area contributed by atoms with Gasteiger partial charge in [0, 0.05) is 30.4 Å². The fraction of sp³-hybridized carbons (Fsp3) is 0.333. The highest BCUT2D eigenvalue weighted by atomic mass is 32.2. The Bertz CT molecular complexity index is 574. The highest BCUT2D eigenvalue weighted by Gasteiger charge is 2.08. The minimum Gasteiger partial charge on any atom is -0.352 e. The second-order valence-corrected chi connectivity index (χ2v) is 6.13. The van der Waals surface area contributed by atoms with Crippen molar-refractivity contribution in [2.45, 2.75) is 30.8 Å². The molecule has 0 bridgehead atoms. The number of methoxy groups -OCH3 is 2. The largest absolute Gasteiger partial charge is 0.352 e. The smallest absolute Gasteiger partial charge is 0.183 e. The summed E-state index contributed by atoms with van der Waals surface area (Å²) in [4.78, 5) is 1.25. The first-order chi connectivity index (χ1) is 10.1. The highest BCUT2D eigenvalue weighted by Crippen LogP contribution is 2.26. The Kier molecular flexibility index (Phi) is 5.85. The fourth-order valence-electron chi connectivity index (χ4n) is 2.15. The third kappa shape index (κ3) is 4.34. The van der Waals surface area contributed by atoms with Gasteiger partial charge < -0.3 is 9.47 Å². The number of thioether (sulfide) groups is 1. The molecule has 3 heteroatoms. The van der Waals surface area contributed by atoms with Gasteiger partial charge >= 0.3 is 0 Å². The lowest BCUT2D eigenvalue weighted by Crippen LogP contribution is -2.02. The summed E-state index contributed by atoms with van der Waals surface area (Å²) in [6, 6.07) is 15.0. The van der Waals surface area contributed by atoms with E-state index in [2.05, 4.69) is 56.3 Å². The van der Waals surface area contributed by atoms with Crippen molar-refractivity contribution >= 4 is 11.8 Å². The van der Waals surface area contributed by atoms with Crippen molar-refractivity contribution in [2.24, 2.45) is 0 Å². The van der Waals surface area contributed by atoms with Crippen LogP contribution in [0, 0.1) is 13.8 Å². The zero-order valence-electron chi connectivity index (χ0n) is 13.1. The second kappa shape index (κ2) is 7.64. The SMILES string of the molecule is COC(OC)c1ccc(SCc2ccc(C)c(C)c2)cc1. The molecule has 0 aromatic heterocycles. The van der Waals surface area contributed by atoms with Gasteiger partial charge in [0.1, 0.15) is 0 Å². The molecule has 0 N–H and O–H groups in total. The molecule has 0 spiro atoms. The molecule has 2 aromatic carbocycles. The molecule has 0 unspecified atom stereocenters. The van der Waals surface area contributed by atoms with Crippen molar-refractivity contribution in [2.75, 3.05) is 14.2 Å². The maximum atomic E-state index is 5.25. The van der Waals surface area contributed by atoms with E-state index in [-0.39, 0.29) is 6.29 Å². The molecular formula is C18H22O2S. The molecule has 2 rings (SSSR count). The van der Waals surface area contributed by atoms with Crippen molar-refractivity contribution in [1.82, 2.24) is 0 Å². The Morgan fingerprint density at radius 3 is 2.14 bits per heavy atom. The van der Waals surface area contributed by atoms with Crippen LogP contribution in [0.3, 0.4) is 0 Å². The summed E-state index contributed by atoms with van der Waals surface area (Å²) in [5.41, 5.74) is 5.10. The van der Waals surface area contributed by atoms with Crippen molar-refractivity contribution < 1.29 is 9.47 Å². The number of benzene rings is 2. The van der Waals surface area contributed by atoms with Crippen molar-refractivity contribution in [3.8, 4) is 0 Å². The van der Waals surface area contributed by atoms with E-state index in [4.69, 9.17) is 9.47 Å². The van der Waals surface area contributed by atoms with Crippen LogP contribution in [0.25, 0.3) is 0 Å². The number of hydrogen-bond acceptors (Lipinski definition) is 3. The Hall–Kier alpha value is -1.29. The molecule has 0 aliphatic rings. The number of rotatable bonds is 6. The van der Waals surface area contributed by atoms with Crippen LogP contribution in [0.15, 0.2) is 47.4 Å². The molecule has 0 atom stereocenters. The summed E-state index contributed by atoms with van der Waals surface area (Å²) in [6.45, 7) is 4.31. The normalized spacial score (nSPS) is 11.1. The van der Waals surface area contributed by atoms with Gasteiger partial charge in [0.05, 0.1) is 0 Å². The molecule has 0 aliphatic carbocycles. The van der Waals surface area contributed by atoms with Crippen LogP contribution in [0.2, 0.25) is 0 Å². The molecule has 0 radical (unpaired) electrons. The summed E-state index contributed by atoms with van der Waals surface area (Å²) in [6.07, 6.45) is -0.288. The third-order valence-corrected chi connectivity index (χ3v) is 4.64. The molecule has 2 aromatic rings. The van der Waals surface area contributed by atoms with Gasteiger partial charge in [-0.25, -0.2) is 0 Å². The lowest BCUT2D eigenvalue weighted by Gasteiger charge is -2.13. The predicted molar refractivity (Wildman–Crippen MR) is 88.7 cm³/mol. The van der Waals surface area contributed by atoms with Gasteiger partial charge in [-0.05, 0) is 42.7 Å². The Labute approximate surface area is 131 Å². The van der Waals surface area contributed by atoms with E-state index in [0.717, 1.165) is 11.3 Å².